The first kappa shape index (κ1) is 17.6. The SMILES string of the molecule is [Ag].c1ccc(-c2ccnc3c2ccc2c(-c4ccccc4)ccnc23)cc1. The normalized spacial score (nSPS) is 10.7. The summed E-state index contributed by atoms with van der Waals surface area (Å²) in [6, 6.07) is 29.3. The van der Waals surface area contributed by atoms with Crippen LogP contribution in [-0.4, -0.2) is 9.97 Å². The van der Waals surface area contributed by atoms with Crippen molar-refractivity contribution in [1.82, 2.24) is 9.97 Å². The number of fused-ring (bicyclic) bond motifs is 3. The first-order chi connectivity index (χ1) is 12.9. The van der Waals surface area contributed by atoms with Crippen LogP contribution in [0.25, 0.3) is 44.1 Å². The molecular weight excluding hydrogens is 424 g/mol. The van der Waals surface area contributed by atoms with E-state index in [2.05, 4.69) is 82.8 Å². The van der Waals surface area contributed by atoms with Crippen LogP contribution in [0.15, 0.2) is 97.3 Å². The van der Waals surface area contributed by atoms with Gasteiger partial charge in [0, 0.05) is 45.5 Å². The van der Waals surface area contributed by atoms with Crippen LogP contribution in [-0.2, 0) is 22.4 Å². The number of nitrogens with zero attached hydrogens (tertiary/aromatic N) is 2. The Morgan fingerprint density at radius 3 is 1.26 bits per heavy atom. The van der Waals surface area contributed by atoms with Gasteiger partial charge in [-0.25, -0.2) is 0 Å². The van der Waals surface area contributed by atoms with Crippen LogP contribution >= 0.6 is 0 Å². The largest absolute Gasteiger partial charge is 0.254 e. The third-order valence-electron chi connectivity index (χ3n) is 4.79. The molecule has 133 valence electrons. The van der Waals surface area contributed by atoms with E-state index in [1.807, 2.05) is 24.5 Å². The molecule has 3 aromatic carbocycles. The van der Waals surface area contributed by atoms with Crippen molar-refractivity contribution in [2.45, 2.75) is 0 Å². The number of benzene rings is 3. The molecular formula is C24H16AgN2. The number of rotatable bonds is 2. The molecule has 0 aliphatic heterocycles. The van der Waals surface area contributed by atoms with Crippen molar-refractivity contribution in [3.8, 4) is 22.3 Å². The van der Waals surface area contributed by atoms with Gasteiger partial charge in [0.25, 0.3) is 0 Å². The molecule has 0 unspecified atom stereocenters. The molecule has 0 saturated carbocycles. The van der Waals surface area contributed by atoms with E-state index in [0.717, 1.165) is 21.8 Å². The zero-order valence-electron chi connectivity index (χ0n) is 14.4. The molecule has 0 amide bonds. The molecule has 27 heavy (non-hydrogen) atoms. The Hall–Kier alpha value is -2.78. The van der Waals surface area contributed by atoms with E-state index >= 15 is 0 Å². The minimum Gasteiger partial charge on any atom is -0.254 e. The van der Waals surface area contributed by atoms with Crippen LogP contribution < -0.4 is 0 Å². The first-order valence-corrected chi connectivity index (χ1v) is 8.69. The maximum absolute atomic E-state index is 4.67. The molecule has 5 aromatic rings. The van der Waals surface area contributed by atoms with Crippen molar-refractivity contribution in [2.24, 2.45) is 0 Å². The van der Waals surface area contributed by atoms with Gasteiger partial charge in [0.2, 0.25) is 0 Å². The van der Waals surface area contributed by atoms with Gasteiger partial charge in [-0.3, -0.25) is 9.97 Å². The van der Waals surface area contributed by atoms with Crippen molar-refractivity contribution < 1.29 is 22.4 Å². The fourth-order valence-corrected chi connectivity index (χ4v) is 3.57. The van der Waals surface area contributed by atoms with Crippen molar-refractivity contribution in [3.63, 3.8) is 0 Å². The average Bonchev–Trinajstić information content (AvgIpc) is 2.74. The van der Waals surface area contributed by atoms with E-state index < -0.39 is 0 Å². The number of aromatic nitrogens is 2. The zero-order chi connectivity index (χ0) is 17.3. The predicted molar refractivity (Wildman–Crippen MR) is 108 cm³/mol. The molecule has 5 rings (SSSR count). The second-order valence-electron chi connectivity index (χ2n) is 6.31. The molecule has 0 saturated heterocycles. The summed E-state index contributed by atoms with van der Waals surface area (Å²) >= 11 is 0. The predicted octanol–water partition coefficient (Wildman–Crippen LogP) is 6.11. The number of hydrogen-bond acceptors (Lipinski definition) is 2. The second kappa shape index (κ2) is 7.45. The molecule has 2 aromatic heterocycles. The average molecular weight is 440 g/mol. The first-order valence-electron chi connectivity index (χ1n) is 8.69. The summed E-state index contributed by atoms with van der Waals surface area (Å²) in [6.45, 7) is 0. The van der Waals surface area contributed by atoms with Gasteiger partial charge in [-0.05, 0) is 34.4 Å². The van der Waals surface area contributed by atoms with E-state index in [1.165, 1.54) is 22.3 Å². The molecule has 2 nitrogen and oxygen atoms in total. The Bertz CT molecular complexity index is 1120. The Morgan fingerprint density at radius 1 is 0.444 bits per heavy atom. The van der Waals surface area contributed by atoms with Crippen LogP contribution in [0.2, 0.25) is 0 Å². The van der Waals surface area contributed by atoms with Crippen molar-refractivity contribution in [2.75, 3.05) is 0 Å². The van der Waals surface area contributed by atoms with Gasteiger partial charge >= 0.3 is 0 Å². The van der Waals surface area contributed by atoms with E-state index in [-0.39, 0.29) is 22.4 Å². The Kier molecular flexibility index (Phi) is 4.87. The quantitative estimate of drug-likeness (QED) is 0.244. The van der Waals surface area contributed by atoms with Gasteiger partial charge in [-0.1, -0.05) is 72.8 Å². The van der Waals surface area contributed by atoms with Gasteiger partial charge in [0.1, 0.15) is 0 Å². The monoisotopic (exact) mass is 439 g/mol. The molecule has 3 heteroatoms. The third-order valence-corrected chi connectivity index (χ3v) is 4.79. The molecule has 1 radical (unpaired) electrons. The van der Waals surface area contributed by atoms with Gasteiger partial charge in [0.05, 0.1) is 11.0 Å². The molecule has 0 N–H and O–H groups in total. The molecule has 0 bridgehead atoms. The van der Waals surface area contributed by atoms with Crippen LogP contribution in [0.1, 0.15) is 0 Å². The summed E-state index contributed by atoms with van der Waals surface area (Å²) in [5, 5.41) is 2.26. The number of pyridine rings is 2. The summed E-state index contributed by atoms with van der Waals surface area (Å²) in [7, 11) is 0. The topological polar surface area (TPSA) is 25.8 Å². The van der Waals surface area contributed by atoms with Crippen molar-refractivity contribution >= 4 is 21.8 Å². The van der Waals surface area contributed by atoms with E-state index in [4.69, 9.17) is 0 Å². The second-order valence-corrected chi connectivity index (χ2v) is 6.31. The van der Waals surface area contributed by atoms with Crippen LogP contribution in [0.3, 0.4) is 0 Å². The molecule has 0 aliphatic rings. The summed E-state index contributed by atoms with van der Waals surface area (Å²) in [4.78, 5) is 9.34. The smallest absolute Gasteiger partial charge is 0.0970 e. The molecule has 0 fully saturated rings. The fraction of sp³-hybridized carbons (Fsp3) is 0. The Morgan fingerprint density at radius 2 is 0.852 bits per heavy atom. The third kappa shape index (κ3) is 3.08. The molecule has 0 aliphatic carbocycles. The van der Waals surface area contributed by atoms with Gasteiger partial charge in [-0.2, -0.15) is 0 Å². The minimum absolute atomic E-state index is 0. The standard InChI is InChI=1S/C24H16N2.Ag/c1-3-7-17(8-4-1)19-13-15-25-23-21(19)11-12-22-20(14-16-26-24(22)23)18-9-5-2-6-10-18;/h1-16H;. The molecule has 2 heterocycles. The summed E-state index contributed by atoms with van der Waals surface area (Å²) in [5.41, 5.74) is 6.65. The summed E-state index contributed by atoms with van der Waals surface area (Å²) in [5.74, 6) is 0. The van der Waals surface area contributed by atoms with Gasteiger partial charge in [0.15, 0.2) is 0 Å². The minimum atomic E-state index is 0. The number of hydrogen-bond donors (Lipinski definition) is 0. The van der Waals surface area contributed by atoms with Gasteiger partial charge < -0.3 is 0 Å². The maximum atomic E-state index is 4.67. The Balaban J connectivity index is 0.00000180. The fourth-order valence-electron chi connectivity index (χ4n) is 3.57. The van der Waals surface area contributed by atoms with Gasteiger partial charge in [-0.15, -0.1) is 0 Å². The van der Waals surface area contributed by atoms with E-state index in [9.17, 15) is 0 Å². The maximum Gasteiger partial charge on any atom is 0.0970 e. The molecule has 0 atom stereocenters. The van der Waals surface area contributed by atoms with Crippen LogP contribution in [0.4, 0.5) is 0 Å². The van der Waals surface area contributed by atoms with E-state index in [0.29, 0.717) is 0 Å². The van der Waals surface area contributed by atoms with E-state index in [1.54, 1.807) is 0 Å². The summed E-state index contributed by atoms with van der Waals surface area (Å²) in [6.07, 6.45) is 3.75. The zero-order valence-corrected chi connectivity index (χ0v) is 15.9. The molecule has 0 spiro atoms. The van der Waals surface area contributed by atoms with Crippen LogP contribution in [0.5, 0.6) is 0 Å². The van der Waals surface area contributed by atoms with Crippen LogP contribution in [0, 0.1) is 0 Å². The van der Waals surface area contributed by atoms with Crippen molar-refractivity contribution in [3.05, 3.63) is 97.3 Å². The van der Waals surface area contributed by atoms with Crippen molar-refractivity contribution in [1.29, 1.82) is 0 Å². The Labute approximate surface area is 173 Å². The summed E-state index contributed by atoms with van der Waals surface area (Å²) < 4.78 is 0.